The fourth-order valence-electron chi connectivity index (χ4n) is 3.85. The molecule has 1 aromatic carbocycles. The largest absolute Gasteiger partial charge is 0.508 e. The maximum Gasteiger partial charge on any atom is 0.412 e. The summed E-state index contributed by atoms with van der Waals surface area (Å²) in [5.74, 6) is 0.265. The molecular weight excluding hydrogens is 302 g/mol. The quantitative estimate of drug-likeness (QED) is 0.790. The molecule has 1 aliphatic carbocycles. The lowest BCUT2D eigenvalue weighted by Crippen LogP contribution is -2.34. The number of fused-ring (bicyclic) bond motifs is 1. The number of phenolic OH excluding ortho intramolecular Hbond substituents is 1. The minimum Gasteiger partial charge on any atom is -0.508 e. The van der Waals surface area contributed by atoms with Gasteiger partial charge in [-0.15, -0.1) is 0 Å². The zero-order valence-electron chi connectivity index (χ0n) is 14.8. The minimum atomic E-state index is -0.984. The van der Waals surface area contributed by atoms with Gasteiger partial charge < -0.3 is 10.2 Å². The van der Waals surface area contributed by atoms with Gasteiger partial charge in [0.2, 0.25) is 0 Å². The standard InChI is InChI=1S/C20H25NO3/c1-19(2)8-9-20(3,4)17-14(19)11-13(12-16(17)22)15-7-5-6-10-21(15)18(23)24/h5-7,11-12,22H,8-10H2,1-4H3,(H,23,24). The average molecular weight is 327 g/mol. The van der Waals surface area contributed by atoms with Gasteiger partial charge in [0.15, 0.2) is 0 Å². The van der Waals surface area contributed by atoms with Crippen LogP contribution in [0, 0.1) is 0 Å². The van der Waals surface area contributed by atoms with Gasteiger partial charge in [0, 0.05) is 17.7 Å². The number of phenols is 1. The molecule has 1 aromatic rings. The molecule has 0 aromatic heterocycles. The summed E-state index contributed by atoms with van der Waals surface area (Å²) in [6.45, 7) is 9.02. The third kappa shape index (κ3) is 2.60. The van der Waals surface area contributed by atoms with E-state index in [1.165, 1.54) is 4.90 Å². The van der Waals surface area contributed by atoms with Crippen molar-refractivity contribution in [3.05, 3.63) is 47.1 Å². The molecule has 0 radical (unpaired) electrons. The van der Waals surface area contributed by atoms with Crippen molar-refractivity contribution in [3.63, 3.8) is 0 Å². The van der Waals surface area contributed by atoms with Crippen molar-refractivity contribution in [2.75, 3.05) is 6.54 Å². The normalized spacial score (nSPS) is 21.2. The van der Waals surface area contributed by atoms with Gasteiger partial charge in [-0.2, -0.15) is 0 Å². The predicted molar refractivity (Wildman–Crippen MR) is 95.2 cm³/mol. The van der Waals surface area contributed by atoms with Crippen LogP contribution in [0.15, 0.2) is 30.4 Å². The fourth-order valence-corrected chi connectivity index (χ4v) is 3.85. The number of carboxylic acid groups (broad SMARTS) is 1. The van der Waals surface area contributed by atoms with E-state index in [2.05, 4.69) is 33.8 Å². The molecule has 1 aliphatic heterocycles. The van der Waals surface area contributed by atoms with Gasteiger partial charge in [-0.3, -0.25) is 4.90 Å². The third-order valence-electron chi connectivity index (χ3n) is 5.39. The first-order valence-corrected chi connectivity index (χ1v) is 8.39. The lowest BCUT2D eigenvalue weighted by molar-refractivity contribution is 0.169. The topological polar surface area (TPSA) is 60.8 Å². The fraction of sp³-hybridized carbons (Fsp3) is 0.450. The number of allylic oxidation sites excluding steroid dienone is 2. The molecule has 4 heteroatoms. The Morgan fingerprint density at radius 2 is 1.79 bits per heavy atom. The van der Waals surface area contributed by atoms with Crippen LogP contribution in [0.25, 0.3) is 5.70 Å². The summed E-state index contributed by atoms with van der Waals surface area (Å²) >= 11 is 0. The molecule has 0 saturated carbocycles. The first-order chi connectivity index (χ1) is 11.1. The monoisotopic (exact) mass is 327 g/mol. The van der Waals surface area contributed by atoms with E-state index in [9.17, 15) is 15.0 Å². The summed E-state index contributed by atoms with van der Waals surface area (Å²) in [6, 6.07) is 3.78. The van der Waals surface area contributed by atoms with Gasteiger partial charge in [0.25, 0.3) is 0 Å². The number of nitrogens with zero attached hydrogens (tertiary/aromatic N) is 1. The van der Waals surface area contributed by atoms with E-state index in [0.717, 1.165) is 29.5 Å². The van der Waals surface area contributed by atoms with E-state index >= 15 is 0 Å². The highest BCUT2D eigenvalue weighted by Crippen LogP contribution is 2.50. The SMILES string of the molecule is CC1(C)CCC(C)(C)c2c(O)cc(C3=CC=CCN3C(=O)O)cc21. The van der Waals surface area contributed by atoms with Crippen LogP contribution >= 0.6 is 0 Å². The van der Waals surface area contributed by atoms with E-state index in [1.807, 2.05) is 12.2 Å². The molecule has 1 amide bonds. The first kappa shape index (κ1) is 16.6. The van der Waals surface area contributed by atoms with Crippen LogP contribution in [0.4, 0.5) is 4.79 Å². The van der Waals surface area contributed by atoms with Gasteiger partial charge >= 0.3 is 6.09 Å². The van der Waals surface area contributed by atoms with E-state index < -0.39 is 6.09 Å². The van der Waals surface area contributed by atoms with Crippen LogP contribution < -0.4 is 0 Å². The molecule has 0 spiro atoms. The number of aromatic hydroxyl groups is 1. The first-order valence-electron chi connectivity index (χ1n) is 8.39. The molecule has 0 atom stereocenters. The van der Waals surface area contributed by atoms with Gasteiger partial charge in [-0.1, -0.05) is 39.8 Å². The summed E-state index contributed by atoms with van der Waals surface area (Å²) in [7, 11) is 0. The summed E-state index contributed by atoms with van der Waals surface area (Å²) in [5, 5.41) is 20.2. The molecule has 4 nitrogen and oxygen atoms in total. The Bertz CT molecular complexity index is 756. The molecule has 3 rings (SSSR count). The molecule has 0 saturated heterocycles. The second-order valence-corrected chi connectivity index (χ2v) is 8.06. The van der Waals surface area contributed by atoms with Gasteiger partial charge in [-0.05, 0) is 47.4 Å². The number of amides is 1. The van der Waals surface area contributed by atoms with Crippen molar-refractivity contribution in [2.45, 2.75) is 51.4 Å². The van der Waals surface area contributed by atoms with Crippen LogP contribution in [0.2, 0.25) is 0 Å². The summed E-state index contributed by atoms with van der Waals surface area (Å²) < 4.78 is 0. The van der Waals surface area contributed by atoms with Crippen LogP contribution in [-0.2, 0) is 10.8 Å². The number of hydrogen-bond donors (Lipinski definition) is 2. The molecule has 0 bridgehead atoms. The van der Waals surface area contributed by atoms with Crippen molar-refractivity contribution in [1.29, 1.82) is 0 Å². The predicted octanol–water partition coefficient (Wildman–Crippen LogP) is 4.63. The van der Waals surface area contributed by atoms with E-state index in [-0.39, 0.29) is 16.6 Å². The highest BCUT2D eigenvalue weighted by atomic mass is 16.4. The van der Waals surface area contributed by atoms with Crippen LogP contribution in [0.1, 0.15) is 57.2 Å². The Labute approximate surface area is 143 Å². The number of carbonyl (C=O) groups is 1. The second-order valence-electron chi connectivity index (χ2n) is 8.06. The zero-order chi connectivity index (χ0) is 17.7. The Balaban J connectivity index is 2.20. The number of hydrogen-bond acceptors (Lipinski definition) is 2. The van der Waals surface area contributed by atoms with Gasteiger partial charge in [-0.25, -0.2) is 4.79 Å². The van der Waals surface area contributed by atoms with Crippen LogP contribution in [0.5, 0.6) is 5.75 Å². The maximum atomic E-state index is 11.5. The second kappa shape index (κ2) is 5.40. The summed E-state index contributed by atoms with van der Waals surface area (Å²) in [5.41, 5.74) is 3.36. The zero-order valence-corrected chi connectivity index (χ0v) is 14.8. The molecule has 128 valence electrons. The highest BCUT2D eigenvalue weighted by molar-refractivity contribution is 5.83. The van der Waals surface area contributed by atoms with Crippen molar-refractivity contribution < 1.29 is 15.0 Å². The van der Waals surface area contributed by atoms with Crippen LogP contribution in [-0.4, -0.2) is 27.8 Å². The molecule has 24 heavy (non-hydrogen) atoms. The molecule has 1 heterocycles. The minimum absolute atomic E-state index is 0.0442. The average Bonchev–Trinajstić information content (AvgIpc) is 2.51. The lowest BCUT2D eigenvalue weighted by Gasteiger charge is -2.42. The van der Waals surface area contributed by atoms with Gasteiger partial charge in [0.1, 0.15) is 5.75 Å². The van der Waals surface area contributed by atoms with E-state index in [1.54, 1.807) is 12.1 Å². The summed E-state index contributed by atoms with van der Waals surface area (Å²) in [4.78, 5) is 12.8. The Morgan fingerprint density at radius 3 is 2.46 bits per heavy atom. The Morgan fingerprint density at radius 1 is 1.12 bits per heavy atom. The Kier molecular flexibility index (Phi) is 3.74. The third-order valence-corrected chi connectivity index (χ3v) is 5.39. The van der Waals surface area contributed by atoms with Crippen molar-refractivity contribution in [3.8, 4) is 5.75 Å². The van der Waals surface area contributed by atoms with Crippen molar-refractivity contribution >= 4 is 11.8 Å². The summed E-state index contributed by atoms with van der Waals surface area (Å²) in [6.07, 6.45) is 6.54. The lowest BCUT2D eigenvalue weighted by atomic mass is 9.62. The van der Waals surface area contributed by atoms with E-state index in [4.69, 9.17) is 0 Å². The van der Waals surface area contributed by atoms with Crippen molar-refractivity contribution in [2.24, 2.45) is 0 Å². The Hall–Kier alpha value is -2.23. The van der Waals surface area contributed by atoms with Crippen molar-refractivity contribution in [1.82, 2.24) is 4.90 Å². The molecule has 0 unspecified atom stereocenters. The van der Waals surface area contributed by atoms with Crippen LogP contribution in [0.3, 0.4) is 0 Å². The molecule has 2 N–H and O–H groups in total. The number of rotatable bonds is 1. The molecule has 2 aliphatic rings. The number of benzene rings is 1. The van der Waals surface area contributed by atoms with E-state index in [0.29, 0.717) is 12.2 Å². The highest BCUT2D eigenvalue weighted by Gasteiger charge is 2.39. The molecule has 0 fully saturated rings. The smallest absolute Gasteiger partial charge is 0.412 e. The maximum absolute atomic E-state index is 11.5. The molecular formula is C20H25NO3. The van der Waals surface area contributed by atoms with Gasteiger partial charge in [0.05, 0.1) is 5.70 Å².